The Kier molecular flexibility index (Phi) is 3.63. The molecule has 2 aromatic carbocycles. The van der Waals surface area contributed by atoms with Crippen LogP contribution in [0.3, 0.4) is 0 Å². The van der Waals surface area contributed by atoms with Crippen LogP contribution in [-0.4, -0.2) is 15.5 Å². The second kappa shape index (κ2) is 5.23. The predicted octanol–water partition coefficient (Wildman–Crippen LogP) is 1.97. The Morgan fingerprint density at radius 1 is 1.15 bits per heavy atom. The van der Waals surface area contributed by atoms with Gasteiger partial charge in [-0.05, 0) is 42.5 Å². The summed E-state index contributed by atoms with van der Waals surface area (Å²) < 4.78 is 26.0. The topological polar surface area (TPSA) is 87.2 Å². The van der Waals surface area contributed by atoms with Gasteiger partial charge in [-0.3, -0.25) is 4.31 Å². The summed E-state index contributed by atoms with van der Waals surface area (Å²) >= 11 is 0. The first kappa shape index (κ1) is 13.9. The van der Waals surface area contributed by atoms with Gasteiger partial charge >= 0.3 is 0 Å². The average Bonchev–Trinajstić information content (AvgIpc) is 2.47. The highest BCUT2D eigenvalue weighted by Crippen LogP contribution is 2.23. The molecule has 20 heavy (non-hydrogen) atoms. The Bertz CT molecular complexity index is 762. The van der Waals surface area contributed by atoms with Crippen molar-refractivity contribution in [3.05, 3.63) is 54.1 Å². The summed E-state index contributed by atoms with van der Waals surface area (Å²) in [6.45, 7) is 0. The molecule has 0 aromatic heterocycles. The van der Waals surface area contributed by atoms with Crippen molar-refractivity contribution in [2.45, 2.75) is 4.90 Å². The van der Waals surface area contributed by atoms with E-state index in [0.29, 0.717) is 16.9 Å². The van der Waals surface area contributed by atoms with Crippen molar-refractivity contribution in [2.24, 2.45) is 0 Å². The minimum Gasteiger partial charge on any atom is -0.399 e. The van der Waals surface area contributed by atoms with Crippen molar-refractivity contribution < 1.29 is 8.42 Å². The van der Waals surface area contributed by atoms with Gasteiger partial charge in [0, 0.05) is 12.7 Å². The van der Waals surface area contributed by atoms with Crippen LogP contribution in [0.1, 0.15) is 5.56 Å². The second-order valence-electron chi connectivity index (χ2n) is 4.20. The van der Waals surface area contributed by atoms with Crippen LogP contribution in [0.15, 0.2) is 53.4 Å². The average molecular weight is 287 g/mol. The normalized spacial score (nSPS) is 10.8. The molecule has 0 heterocycles. The zero-order valence-electron chi connectivity index (χ0n) is 10.8. The Balaban J connectivity index is 2.43. The van der Waals surface area contributed by atoms with Gasteiger partial charge in [-0.15, -0.1) is 0 Å². The number of anilines is 2. The number of nitrogens with two attached hydrogens (primary N) is 1. The van der Waals surface area contributed by atoms with Crippen molar-refractivity contribution in [3.63, 3.8) is 0 Å². The Morgan fingerprint density at radius 3 is 2.40 bits per heavy atom. The van der Waals surface area contributed by atoms with Gasteiger partial charge in [-0.25, -0.2) is 8.42 Å². The first-order chi connectivity index (χ1) is 9.45. The lowest BCUT2D eigenvalue weighted by Crippen LogP contribution is -2.26. The molecule has 102 valence electrons. The maximum Gasteiger partial charge on any atom is 0.264 e. The molecule has 0 saturated heterocycles. The van der Waals surface area contributed by atoms with Crippen LogP contribution in [0.5, 0.6) is 0 Å². The molecule has 5 nitrogen and oxygen atoms in total. The number of benzene rings is 2. The molecular formula is C14H13N3O2S. The monoisotopic (exact) mass is 287 g/mol. The summed E-state index contributed by atoms with van der Waals surface area (Å²) in [6, 6.07) is 14.4. The van der Waals surface area contributed by atoms with Crippen LogP contribution in [0.25, 0.3) is 0 Å². The third kappa shape index (κ3) is 2.58. The van der Waals surface area contributed by atoms with Gasteiger partial charge in [0.25, 0.3) is 10.0 Å². The van der Waals surface area contributed by atoms with Gasteiger partial charge in [0.15, 0.2) is 0 Å². The van der Waals surface area contributed by atoms with Gasteiger partial charge in [0.05, 0.1) is 22.2 Å². The van der Waals surface area contributed by atoms with Crippen LogP contribution in [0, 0.1) is 11.3 Å². The van der Waals surface area contributed by atoms with Crippen molar-refractivity contribution in [1.29, 1.82) is 5.26 Å². The maximum absolute atomic E-state index is 12.4. The van der Waals surface area contributed by atoms with Crippen LogP contribution >= 0.6 is 0 Å². The second-order valence-corrected chi connectivity index (χ2v) is 6.17. The van der Waals surface area contributed by atoms with Crippen molar-refractivity contribution >= 4 is 21.4 Å². The molecule has 0 aliphatic heterocycles. The van der Waals surface area contributed by atoms with E-state index in [1.807, 2.05) is 6.07 Å². The standard InChI is InChI=1S/C14H13N3O2S/c1-17(13-4-2-3-11(9-13)10-15)20(18,19)14-7-5-12(16)6-8-14/h2-9H,16H2,1H3. The highest BCUT2D eigenvalue weighted by atomic mass is 32.2. The van der Waals surface area contributed by atoms with Crippen molar-refractivity contribution in [1.82, 2.24) is 0 Å². The first-order valence-corrected chi connectivity index (χ1v) is 7.24. The van der Waals surface area contributed by atoms with Crippen molar-refractivity contribution in [2.75, 3.05) is 17.1 Å². The largest absolute Gasteiger partial charge is 0.399 e. The smallest absolute Gasteiger partial charge is 0.264 e. The molecule has 0 fully saturated rings. The van der Waals surface area contributed by atoms with E-state index in [4.69, 9.17) is 11.0 Å². The summed E-state index contributed by atoms with van der Waals surface area (Å²) in [5.74, 6) is 0. The Morgan fingerprint density at radius 2 is 1.80 bits per heavy atom. The molecule has 0 radical (unpaired) electrons. The molecule has 2 N–H and O–H groups in total. The van der Waals surface area contributed by atoms with E-state index in [1.165, 1.54) is 37.4 Å². The number of rotatable bonds is 3. The maximum atomic E-state index is 12.4. The summed E-state index contributed by atoms with van der Waals surface area (Å²) in [7, 11) is -2.22. The summed E-state index contributed by atoms with van der Waals surface area (Å²) in [6.07, 6.45) is 0. The first-order valence-electron chi connectivity index (χ1n) is 5.80. The SMILES string of the molecule is CN(c1cccc(C#N)c1)S(=O)(=O)c1ccc(N)cc1. The molecule has 0 aliphatic carbocycles. The number of sulfonamides is 1. The number of hydrogen-bond acceptors (Lipinski definition) is 4. The molecule has 0 saturated carbocycles. The minimum absolute atomic E-state index is 0.150. The summed E-state index contributed by atoms with van der Waals surface area (Å²) in [5.41, 5.74) is 6.88. The van der Waals surface area contributed by atoms with E-state index in [-0.39, 0.29) is 4.90 Å². The zero-order valence-corrected chi connectivity index (χ0v) is 11.6. The molecule has 0 unspecified atom stereocenters. The van der Waals surface area contributed by atoms with E-state index < -0.39 is 10.0 Å². The van der Waals surface area contributed by atoms with Gasteiger partial charge in [-0.2, -0.15) is 5.26 Å². The van der Waals surface area contributed by atoms with Crippen molar-refractivity contribution in [3.8, 4) is 6.07 Å². The predicted molar refractivity (Wildman–Crippen MR) is 77.6 cm³/mol. The molecule has 2 aromatic rings. The van der Waals surface area contributed by atoms with Crippen LogP contribution < -0.4 is 10.0 Å². The molecular weight excluding hydrogens is 274 g/mol. The fraction of sp³-hybridized carbons (Fsp3) is 0.0714. The summed E-state index contributed by atoms with van der Waals surface area (Å²) in [5, 5.41) is 8.86. The highest BCUT2D eigenvalue weighted by Gasteiger charge is 2.21. The third-order valence-corrected chi connectivity index (χ3v) is 4.68. The quantitative estimate of drug-likeness (QED) is 0.874. The highest BCUT2D eigenvalue weighted by molar-refractivity contribution is 7.92. The van der Waals surface area contributed by atoms with Crippen LogP contribution in [0.2, 0.25) is 0 Å². The Hall–Kier alpha value is -2.52. The van der Waals surface area contributed by atoms with E-state index in [0.717, 1.165) is 4.31 Å². The van der Waals surface area contributed by atoms with Gasteiger partial charge < -0.3 is 5.73 Å². The fourth-order valence-electron chi connectivity index (χ4n) is 1.71. The molecule has 0 amide bonds. The van der Waals surface area contributed by atoms with Gasteiger partial charge in [0.1, 0.15) is 0 Å². The lowest BCUT2D eigenvalue weighted by Gasteiger charge is -2.19. The number of nitrogen functional groups attached to an aromatic ring is 1. The third-order valence-electron chi connectivity index (χ3n) is 2.88. The number of nitrogens with zero attached hydrogens (tertiary/aromatic N) is 2. The molecule has 2 rings (SSSR count). The Labute approximate surface area is 117 Å². The van der Waals surface area contributed by atoms with E-state index >= 15 is 0 Å². The van der Waals surface area contributed by atoms with Crippen LogP contribution in [-0.2, 0) is 10.0 Å². The van der Waals surface area contributed by atoms with E-state index in [2.05, 4.69) is 0 Å². The van der Waals surface area contributed by atoms with Gasteiger partial charge in [0.2, 0.25) is 0 Å². The lowest BCUT2D eigenvalue weighted by atomic mass is 10.2. The molecule has 0 aliphatic rings. The molecule has 6 heteroatoms. The van der Waals surface area contributed by atoms with Gasteiger partial charge in [-0.1, -0.05) is 6.07 Å². The summed E-state index contributed by atoms with van der Waals surface area (Å²) in [4.78, 5) is 0.150. The molecule has 0 atom stereocenters. The molecule has 0 spiro atoms. The van der Waals surface area contributed by atoms with E-state index in [1.54, 1.807) is 18.2 Å². The lowest BCUT2D eigenvalue weighted by molar-refractivity contribution is 0.594. The number of hydrogen-bond donors (Lipinski definition) is 1. The number of nitriles is 1. The minimum atomic E-state index is -3.67. The molecule has 0 bridgehead atoms. The van der Waals surface area contributed by atoms with E-state index in [9.17, 15) is 8.42 Å². The fourth-order valence-corrected chi connectivity index (χ4v) is 2.90. The van der Waals surface area contributed by atoms with Crippen LogP contribution in [0.4, 0.5) is 11.4 Å². The zero-order chi connectivity index (χ0) is 14.8.